The number of amides is 1. The van der Waals surface area contributed by atoms with E-state index in [1.165, 1.54) is 6.92 Å². The summed E-state index contributed by atoms with van der Waals surface area (Å²) in [6.07, 6.45) is -2.41. The van der Waals surface area contributed by atoms with Crippen molar-refractivity contribution in [2.75, 3.05) is 18.1 Å². The number of hydrogen-bond acceptors (Lipinski definition) is 9. The zero-order valence-electron chi connectivity index (χ0n) is 16.0. The minimum absolute atomic E-state index is 0.0130. The van der Waals surface area contributed by atoms with Gasteiger partial charge < -0.3 is 14.2 Å². The van der Waals surface area contributed by atoms with Crippen LogP contribution in [-0.4, -0.2) is 46.8 Å². The number of halogens is 1. The summed E-state index contributed by atoms with van der Waals surface area (Å²) in [5.41, 5.74) is -3.27. The van der Waals surface area contributed by atoms with Gasteiger partial charge in [-0.15, -0.1) is 0 Å². The van der Waals surface area contributed by atoms with Crippen LogP contribution in [0.25, 0.3) is 0 Å². The van der Waals surface area contributed by atoms with E-state index in [1.54, 1.807) is 20.8 Å². The second-order valence-corrected chi connectivity index (χ2v) is 7.27. The first kappa shape index (κ1) is 22.1. The molecule has 12 nitrogen and oxygen atoms in total. The number of nitro benzene ring substituents is 2. The van der Waals surface area contributed by atoms with Gasteiger partial charge in [0, 0.05) is 0 Å². The van der Waals surface area contributed by atoms with Gasteiger partial charge in [-0.1, -0.05) is 11.6 Å². The summed E-state index contributed by atoms with van der Waals surface area (Å²) >= 11 is 5.89. The van der Waals surface area contributed by atoms with Crippen molar-refractivity contribution >= 4 is 40.7 Å². The summed E-state index contributed by atoms with van der Waals surface area (Å²) < 4.78 is 15.5. The SMILES string of the molecule is CCOC(=O)C1CN(C(=O)OC(C)(C)C)c2cc(Cl)c([N+](=O)[O-])c([N+](=O)[O-])c2O1. The Hall–Kier alpha value is -3.15. The molecule has 0 fully saturated rings. The molecule has 0 aromatic heterocycles. The zero-order chi connectivity index (χ0) is 22.1. The van der Waals surface area contributed by atoms with Crippen molar-refractivity contribution in [2.24, 2.45) is 0 Å². The van der Waals surface area contributed by atoms with Gasteiger partial charge in [-0.05, 0) is 33.8 Å². The van der Waals surface area contributed by atoms with Gasteiger partial charge in [0.05, 0.1) is 28.7 Å². The molecule has 0 N–H and O–H groups in total. The molecular weight excluding hydrogens is 414 g/mol. The Bertz CT molecular complexity index is 881. The highest BCUT2D eigenvalue weighted by atomic mass is 35.5. The van der Waals surface area contributed by atoms with E-state index in [2.05, 4.69) is 0 Å². The van der Waals surface area contributed by atoms with E-state index in [0.29, 0.717) is 0 Å². The first-order chi connectivity index (χ1) is 13.4. The first-order valence-corrected chi connectivity index (χ1v) is 8.74. The molecule has 1 aliphatic heterocycles. The monoisotopic (exact) mass is 431 g/mol. The molecule has 2 rings (SSSR count). The third-order valence-corrected chi connectivity index (χ3v) is 3.88. The Morgan fingerprint density at radius 1 is 1.28 bits per heavy atom. The van der Waals surface area contributed by atoms with Crippen molar-refractivity contribution in [3.05, 3.63) is 31.3 Å². The molecule has 0 saturated carbocycles. The van der Waals surface area contributed by atoms with E-state index in [1.807, 2.05) is 0 Å². The minimum atomic E-state index is -1.46. The van der Waals surface area contributed by atoms with E-state index in [-0.39, 0.29) is 12.3 Å². The summed E-state index contributed by atoms with van der Waals surface area (Å²) in [6, 6.07) is 0.979. The van der Waals surface area contributed by atoms with E-state index >= 15 is 0 Å². The third-order valence-electron chi connectivity index (χ3n) is 3.59. The summed E-state index contributed by atoms with van der Waals surface area (Å²) in [7, 11) is 0. The Labute approximate surface area is 169 Å². The number of esters is 1. The molecule has 1 aliphatic rings. The van der Waals surface area contributed by atoms with Crippen molar-refractivity contribution in [3.8, 4) is 5.75 Å². The highest BCUT2D eigenvalue weighted by Gasteiger charge is 2.45. The van der Waals surface area contributed by atoms with Crippen LogP contribution < -0.4 is 9.64 Å². The van der Waals surface area contributed by atoms with Gasteiger partial charge in [0.15, 0.2) is 0 Å². The van der Waals surface area contributed by atoms with E-state index < -0.39 is 62.3 Å². The number of anilines is 1. The zero-order valence-corrected chi connectivity index (χ0v) is 16.7. The molecule has 0 saturated heterocycles. The van der Waals surface area contributed by atoms with Crippen LogP contribution in [0.2, 0.25) is 5.02 Å². The Kier molecular flexibility index (Phi) is 6.16. The number of nitro groups is 2. The van der Waals surface area contributed by atoms with Crippen LogP contribution in [-0.2, 0) is 14.3 Å². The predicted octanol–water partition coefficient (Wildman–Crippen LogP) is 3.22. The summed E-state index contributed by atoms with van der Waals surface area (Å²) in [5, 5.41) is 22.3. The van der Waals surface area contributed by atoms with Crippen LogP contribution in [0.3, 0.4) is 0 Å². The fourth-order valence-electron chi connectivity index (χ4n) is 2.55. The van der Waals surface area contributed by atoms with Crippen molar-refractivity contribution in [1.82, 2.24) is 0 Å². The van der Waals surface area contributed by atoms with Crippen molar-refractivity contribution in [3.63, 3.8) is 0 Å². The minimum Gasteiger partial charge on any atom is -0.468 e. The van der Waals surface area contributed by atoms with Gasteiger partial charge >= 0.3 is 23.4 Å². The lowest BCUT2D eigenvalue weighted by Gasteiger charge is -2.34. The molecule has 158 valence electrons. The van der Waals surface area contributed by atoms with Crippen LogP contribution in [0, 0.1) is 20.2 Å². The molecule has 0 radical (unpaired) electrons. The summed E-state index contributed by atoms with van der Waals surface area (Å²) in [6.45, 7) is 5.92. The van der Waals surface area contributed by atoms with Crippen molar-refractivity contribution in [1.29, 1.82) is 0 Å². The molecule has 1 unspecified atom stereocenters. The highest BCUT2D eigenvalue weighted by Crippen LogP contribution is 2.50. The number of carbonyl (C=O) groups is 2. The van der Waals surface area contributed by atoms with Crippen LogP contribution >= 0.6 is 11.6 Å². The number of nitrogens with zero attached hydrogens (tertiary/aromatic N) is 3. The van der Waals surface area contributed by atoms with E-state index in [0.717, 1.165) is 11.0 Å². The lowest BCUT2D eigenvalue weighted by Crippen LogP contribution is -2.49. The average molecular weight is 432 g/mol. The predicted molar refractivity (Wildman–Crippen MR) is 99.4 cm³/mol. The molecule has 1 amide bonds. The van der Waals surface area contributed by atoms with Gasteiger partial charge in [-0.25, -0.2) is 9.59 Å². The molecule has 0 bridgehead atoms. The van der Waals surface area contributed by atoms with Gasteiger partial charge in [0.2, 0.25) is 11.9 Å². The Morgan fingerprint density at radius 3 is 2.34 bits per heavy atom. The van der Waals surface area contributed by atoms with Crippen LogP contribution in [0.1, 0.15) is 27.7 Å². The molecule has 1 aromatic carbocycles. The van der Waals surface area contributed by atoms with Gasteiger partial charge in [-0.2, -0.15) is 0 Å². The normalized spacial score (nSPS) is 15.8. The Morgan fingerprint density at radius 2 is 1.86 bits per heavy atom. The van der Waals surface area contributed by atoms with Gasteiger partial charge in [0.25, 0.3) is 0 Å². The maximum absolute atomic E-state index is 12.7. The number of fused-ring (bicyclic) bond motifs is 1. The smallest absolute Gasteiger partial charge is 0.415 e. The van der Waals surface area contributed by atoms with Crippen LogP contribution in [0.5, 0.6) is 5.75 Å². The summed E-state index contributed by atoms with van der Waals surface area (Å²) in [5.74, 6) is -1.56. The molecule has 1 aromatic rings. The first-order valence-electron chi connectivity index (χ1n) is 8.36. The molecule has 13 heteroatoms. The fourth-order valence-corrected chi connectivity index (χ4v) is 2.81. The molecule has 1 atom stereocenters. The number of ether oxygens (including phenoxy) is 3. The number of carbonyl (C=O) groups excluding carboxylic acids is 2. The molecule has 0 aliphatic carbocycles. The lowest BCUT2D eigenvalue weighted by atomic mass is 10.1. The quantitative estimate of drug-likeness (QED) is 0.397. The fraction of sp³-hybridized carbons (Fsp3) is 0.500. The average Bonchev–Trinajstić information content (AvgIpc) is 2.57. The van der Waals surface area contributed by atoms with E-state index in [9.17, 15) is 29.8 Å². The van der Waals surface area contributed by atoms with Gasteiger partial charge in [-0.3, -0.25) is 25.1 Å². The third kappa shape index (κ3) is 4.65. The maximum Gasteiger partial charge on any atom is 0.415 e. The molecule has 29 heavy (non-hydrogen) atoms. The van der Waals surface area contributed by atoms with Crippen LogP contribution in [0.4, 0.5) is 21.9 Å². The number of hydrogen-bond donors (Lipinski definition) is 0. The number of rotatable bonds is 4. The topological polar surface area (TPSA) is 151 Å². The van der Waals surface area contributed by atoms with Crippen molar-refractivity contribution in [2.45, 2.75) is 39.4 Å². The number of benzene rings is 1. The van der Waals surface area contributed by atoms with Crippen molar-refractivity contribution < 1.29 is 33.6 Å². The second-order valence-electron chi connectivity index (χ2n) is 6.87. The Balaban J connectivity index is 2.70. The molecule has 0 spiro atoms. The van der Waals surface area contributed by atoms with E-state index in [4.69, 9.17) is 25.8 Å². The highest BCUT2D eigenvalue weighted by molar-refractivity contribution is 6.33. The molecular formula is C16H18ClN3O9. The van der Waals surface area contributed by atoms with Crippen LogP contribution in [0.15, 0.2) is 6.07 Å². The van der Waals surface area contributed by atoms with Gasteiger partial charge in [0.1, 0.15) is 10.6 Å². The summed E-state index contributed by atoms with van der Waals surface area (Å²) in [4.78, 5) is 46.5. The second kappa shape index (κ2) is 8.07. The standard InChI is InChI=1S/C16H18ClN3O9/c1-5-27-14(21)10-7-18(15(22)29-16(2,3)4)9-6-8(17)11(19(23)24)12(20(25)26)13(9)28-10/h6,10H,5,7H2,1-4H3. The lowest BCUT2D eigenvalue weighted by molar-refractivity contribution is -0.423. The largest absolute Gasteiger partial charge is 0.468 e. The molecule has 1 heterocycles. The maximum atomic E-state index is 12.7.